The summed E-state index contributed by atoms with van der Waals surface area (Å²) in [7, 11) is 0. The number of nitrogens with one attached hydrogen (secondary N) is 1. The van der Waals surface area contributed by atoms with Crippen LogP contribution in [0.25, 0.3) is 0 Å². The third kappa shape index (κ3) is 2.77. The molecular weight excluding hydrogens is 274 g/mol. The lowest BCUT2D eigenvalue weighted by molar-refractivity contribution is -0.0425. The van der Waals surface area contributed by atoms with Crippen molar-refractivity contribution in [3.05, 3.63) is 29.8 Å². The number of hydrogen-bond donors (Lipinski definition) is 2. The Morgan fingerprint density at radius 1 is 1.00 bits per heavy atom. The van der Waals surface area contributed by atoms with Crippen LogP contribution in [-0.4, -0.2) is 30.9 Å². The van der Waals surface area contributed by atoms with Crippen molar-refractivity contribution in [2.45, 2.75) is 53.0 Å². The third-order valence-electron chi connectivity index (χ3n) is 5.13. The molecule has 2 rings (SSSR count). The van der Waals surface area contributed by atoms with Crippen LogP contribution in [0, 0.1) is 10.8 Å². The molecule has 3 heteroatoms. The van der Waals surface area contributed by atoms with Gasteiger partial charge in [0.05, 0.1) is 13.2 Å². The summed E-state index contributed by atoms with van der Waals surface area (Å²) in [4.78, 5) is 0. The van der Waals surface area contributed by atoms with E-state index in [2.05, 4.69) is 59.0 Å². The number of hydrogen-bond acceptors (Lipinski definition) is 3. The van der Waals surface area contributed by atoms with Crippen LogP contribution in [0.2, 0.25) is 0 Å². The highest BCUT2D eigenvalue weighted by Gasteiger charge is 2.56. The van der Waals surface area contributed by atoms with Gasteiger partial charge >= 0.3 is 0 Å². The minimum absolute atomic E-state index is 0.0284. The summed E-state index contributed by atoms with van der Waals surface area (Å²) in [6.45, 7) is 16.2. The zero-order valence-corrected chi connectivity index (χ0v) is 14.9. The van der Waals surface area contributed by atoms with Crippen LogP contribution >= 0.6 is 0 Å². The molecule has 1 saturated heterocycles. The van der Waals surface area contributed by atoms with Crippen molar-refractivity contribution in [3.63, 3.8) is 0 Å². The van der Waals surface area contributed by atoms with Gasteiger partial charge in [-0.25, -0.2) is 0 Å². The summed E-state index contributed by atoms with van der Waals surface area (Å²) >= 11 is 0. The maximum absolute atomic E-state index is 9.70. The first kappa shape index (κ1) is 17.3. The maximum Gasteiger partial charge on any atom is 0.115 e. The number of phenols is 1. The fraction of sp³-hybridized carbons (Fsp3) is 0.684. The van der Waals surface area contributed by atoms with Crippen molar-refractivity contribution in [1.29, 1.82) is 0 Å². The topological polar surface area (TPSA) is 41.5 Å². The van der Waals surface area contributed by atoms with Crippen molar-refractivity contribution in [3.8, 4) is 5.75 Å². The number of rotatable bonds is 2. The van der Waals surface area contributed by atoms with E-state index >= 15 is 0 Å². The van der Waals surface area contributed by atoms with Gasteiger partial charge in [0.15, 0.2) is 0 Å². The summed E-state index contributed by atoms with van der Waals surface area (Å²) in [6.07, 6.45) is 0. The average Bonchev–Trinajstić information content (AvgIpc) is 2.39. The molecule has 0 aromatic heterocycles. The Hall–Kier alpha value is -1.06. The summed E-state index contributed by atoms with van der Waals surface area (Å²) in [5.41, 5.74) is 1.20. The van der Waals surface area contributed by atoms with Crippen molar-refractivity contribution in [2.75, 3.05) is 19.8 Å². The molecular formula is C19H31NO2. The molecule has 1 aliphatic rings. The molecule has 0 saturated carbocycles. The van der Waals surface area contributed by atoms with Crippen LogP contribution in [0.4, 0.5) is 0 Å². The molecule has 0 bridgehead atoms. The molecule has 1 aromatic carbocycles. The van der Waals surface area contributed by atoms with Gasteiger partial charge in [-0.2, -0.15) is 0 Å². The summed E-state index contributed by atoms with van der Waals surface area (Å²) in [5.74, 6) is 0.313. The van der Waals surface area contributed by atoms with E-state index in [4.69, 9.17) is 4.74 Å². The van der Waals surface area contributed by atoms with E-state index in [0.717, 1.165) is 19.8 Å². The van der Waals surface area contributed by atoms with Gasteiger partial charge in [-0.05, 0) is 28.5 Å². The van der Waals surface area contributed by atoms with Crippen LogP contribution in [0.3, 0.4) is 0 Å². The number of benzene rings is 1. The lowest BCUT2D eigenvalue weighted by atomic mass is 9.48. The molecule has 1 aliphatic heterocycles. The normalized spacial score (nSPS) is 20.9. The first-order valence-electron chi connectivity index (χ1n) is 8.21. The molecule has 3 nitrogen and oxygen atoms in total. The predicted octanol–water partition coefficient (Wildman–Crippen LogP) is 3.71. The van der Waals surface area contributed by atoms with E-state index in [1.807, 2.05) is 0 Å². The number of morpholine rings is 1. The standard InChI is InChI=1S/C19H31NO2/c1-17(2,3)19(18(4,5)6,16-13-22-12-11-20-16)14-7-9-15(21)10-8-14/h7-10,16,20-21H,11-13H2,1-6H3. The highest BCUT2D eigenvalue weighted by atomic mass is 16.5. The molecule has 1 heterocycles. The van der Waals surface area contributed by atoms with Crippen LogP contribution in [0.1, 0.15) is 47.1 Å². The van der Waals surface area contributed by atoms with Crippen LogP contribution in [-0.2, 0) is 10.2 Å². The minimum atomic E-state index is -0.117. The van der Waals surface area contributed by atoms with Crippen molar-refractivity contribution >= 4 is 0 Å². The predicted molar refractivity (Wildman–Crippen MR) is 91.3 cm³/mol. The van der Waals surface area contributed by atoms with Crippen LogP contribution in [0.5, 0.6) is 5.75 Å². The third-order valence-corrected chi connectivity index (χ3v) is 5.13. The lowest BCUT2D eigenvalue weighted by Gasteiger charge is -2.59. The van der Waals surface area contributed by atoms with E-state index in [1.165, 1.54) is 5.56 Å². The number of aromatic hydroxyl groups is 1. The van der Waals surface area contributed by atoms with E-state index in [9.17, 15) is 5.11 Å². The van der Waals surface area contributed by atoms with E-state index in [1.54, 1.807) is 12.1 Å². The molecule has 124 valence electrons. The Bertz CT molecular complexity index is 474. The molecule has 1 unspecified atom stereocenters. The zero-order chi connectivity index (χ0) is 16.6. The molecule has 22 heavy (non-hydrogen) atoms. The Balaban J connectivity index is 2.67. The average molecular weight is 305 g/mol. The fourth-order valence-corrected chi connectivity index (χ4v) is 4.81. The fourth-order valence-electron chi connectivity index (χ4n) is 4.81. The molecule has 1 aromatic rings. The summed E-state index contributed by atoms with van der Waals surface area (Å²) < 4.78 is 5.81. The second-order valence-electron chi connectivity index (χ2n) is 8.44. The number of phenolic OH excluding ortho intramolecular Hbond substituents is 1. The Morgan fingerprint density at radius 3 is 1.95 bits per heavy atom. The Labute approximate surface area is 135 Å². The molecule has 0 spiro atoms. The minimum Gasteiger partial charge on any atom is -0.508 e. The maximum atomic E-state index is 9.70. The van der Waals surface area contributed by atoms with Crippen LogP contribution in [0.15, 0.2) is 24.3 Å². The van der Waals surface area contributed by atoms with Crippen molar-refractivity contribution in [1.82, 2.24) is 5.32 Å². The second-order valence-corrected chi connectivity index (χ2v) is 8.44. The largest absolute Gasteiger partial charge is 0.508 e. The van der Waals surface area contributed by atoms with Gasteiger partial charge in [-0.15, -0.1) is 0 Å². The van der Waals surface area contributed by atoms with E-state index < -0.39 is 0 Å². The number of ether oxygens (including phenoxy) is 1. The van der Waals surface area contributed by atoms with Gasteiger partial charge < -0.3 is 15.2 Å². The monoisotopic (exact) mass is 305 g/mol. The SMILES string of the molecule is CC(C)(C)C(c1ccc(O)cc1)(C1COCCN1)C(C)(C)C. The molecule has 0 amide bonds. The van der Waals surface area contributed by atoms with Gasteiger partial charge in [-0.1, -0.05) is 53.7 Å². The quantitative estimate of drug-likeness (QED) is 0.875. The molecule has 2 N–H and O–H groups in total. The van der Waals surface area contributed by atoms with Gasteiger partial charge in [0.25, 0.3) is 0 Å². The van der Waals surface area contributed by atoms with Gasteiger partial charge in [0, 0.05) is 18.0 Å². The highest BCUT2D eigenvalue weighted by molar-refractivity contribution is 5.37. The van der Waals surface area contributed by atoms with Gasteiger partial charge in [0.1, 0.15) is 5.75 Å². The van der Waals surface area contributed by atoms with Crippen LogP contribution < -0.4 is 5.32 Å². The van der Waals surface area contributed by atoms with Crippen molar-refractivity contribution in [2.24, 2.45) is 10.8 Å². The first-order valence-corrected chi connectivity index (χ1v) is 8.21. The first-order chi connectivity index (χ1) is 10.1. The zero-order valence-electron chi connectivity index (χ0n) is 14.9. The van der Waals surface area contributed by atoms with Crippen molar-refractivity contribution < 1.29 is 9.84 Å². The highest BCUT2D eigenvalue weighted by Crippen LogP contribution is 2.55. The smallest absolute Gasteiger partial charge is 0.115 e. The molecule has 1 atom stereocenters. The Kier molecular flexibility index (Phi) is 4.61. The molecule has 1 fully saturated rings. The molecule has 0 aliphatic carbocycles. The summed E-state index contributed by atoms with van der Waals surface area (Å²) in [5, 5.41) is 13.4. The van der Waals surface area contributed by atoms with Gasteiger partial charge in [-0.3, -0.25) is 0 Å². The van der Waals surface area contributed by atoms with E-state index in [0.29, 0.717) is 5.75 Å². The molecule has 0 radical (unpaired) electrons. The second kappa shape index (κ2) is 5.86. The Morgan fingerprint density at radius 2 is 1.55 bits per heavy atom. The lowest BCUT2D eigenvalue weighted by Crippen LogP contribution is -2.65. The summed E-state index contributed by atoms with van der Waals surface area (Å²) in [6, 6.07) is 7.98. The van der Waals surface area contributed by atoms with E-state index in [-0.39, 0.29) is 22.3 Å². The van der Waals surface area contributed by atoms with Gasteiger partial charge in [0.2, 0.25) is 0 Å².